The standard InChI is InChI=1S/C58H42N4/c1-5-8-24-52-37(4)42(17-6-2)51(7-3)60(52)40-30-27-38(28-31-40)39-29-33-54-46(35-39)45-20-11-15-25-53(45)61(54)41-32-34-56-50(36-41)59-57-58(49-23-14-16-26-55(49)62(56)57)47-21-12-9-18-43(47)44-19-10-13-22-48(44)58/h5-36H,2,4H2,1,3H3/b8-5-,42-17-,51-7+,52-24+. The fourth-order valence-corrected chi connectivity index (χ4v) is 10.7. The first-order chi connectivity index (χ1) is 30.6. The highest BCUT2D eigenvalue weighted by molar-refractivity contribution is 6.10. The molecular formula is C58H42N4. The summed E-state index contributed by atoms with van der Waals surface area (Å²) in [5.41, 5.74) is 16.0. The van der Waals surface area contributed by atoms with Crippen LogP contribution in [0.5, 0.6) is 0 Å². The minimum atomic E-state index is -0.501. The van der Waals surface area contributed by atoms with E-state index < -0.39 is 5.41 Å². The van der Waals surface area contributed by atoms with Gasteiger partial charge < -0.3 is 9.13 Å². The third kappa shape index (κ3) is 4.75. The summed E-state index contributed by atoms with van der Waals surface area (Å²) >= 11 is 0. The Morgan fingerprint density at radius 3 is 1.94 bits per heavy atom. The first-order valence-corrected chi connectivity index (χ1v) is 21.3. The van der Waals surface area contributed by atoms with Gasteiger partial charge in [0.25, 0.3) is 0 Å². The molecule has 0 bridgehead atoms. The minimum absolute atomic E-state index is 0.501. The van der Waals surface area contributed by atoms with Crippen molar-refractivity contribution < 1.29 is 0 Å². The van der Waals surface area contributed by atoms with Crippen molar-refractivity contribution in [3.05, 3.63) is 226 Å². The van der Waals surface area contributed by atoms with E-state index in [4.69, 9.17) is 4.98 Å². The predicted molar refractivity (Wildman–Crippen MR) is 259 cm³/mol. The number of hydrogen-bond donors (Lipinski definition) is 0. The highest BCUT2D eigenvalue weighted by atomic mass is 15.1. The number of nitrogens with zero attached hydrogens (tertiary/aromatic N) is 4. The van der Waals surface area contributed by atoms with Crippen molar-refractivity contribution in [1.82, 2.24) is 18.7 Å². The van der Waals surface area contributed by atoms with Crippen molar-refractivity contribution >= 4 is 57.6 Å². The van der Waals surface area contributed by atoms with Gasteiger partial charge in [0.2, 0.25) is 0 Å². The Balaban J connectivity index is 0.998. The van der Waals surface area contributed by atoms with Crippen molar-refractivity contribution in [1.29, 1.82) is 0 Å². The summed E-state index contributed by atoms with van der Waals surface area (Å²) in [6.07, 6.45) is 12.3. The van der Waals surface area contributed by atoms with Crippen LogP contribution in [-0.2, 0) is 5.41 Å². The molecule has 0 atom stereocenters. The van der Waals surface area contributed by atoms with Crippen LogP contribution in [0.1, 0.15) is 36.4 Å². The molecule has 0 amide bonds. The second kappa shape index (κ2) is 13.5. The van der Waals surface area contributed by atoms with Crippen molar-refractivity contribution in [2.24, 2.45) is 0 Å². The van der Waals surface area contributed by atoms with Gasteiger partial charge >= 0.3 is 0 Å². The molecule has 2 aliphatic rings. The highest BCUT2D eigenvalue weighted by Crippen LogP contribution is 2.60. The molecule has 62 heavy (non-hydrogen) atoms. The van der Waals surface area contributed by atoms with E-state index in [9.17, 15) is 0 Å². The molecule has 0 fully saturated rings. The largest absolute Gasteiger partial charge is 0.310 e. The Morgan fingerprint density at radius 1 is 0.548 bits per heavy atom. The second-order valence-corrected chi connectivity index (χ2v) is 16.3. The number of hydrogen-bond acceptors (Lipinski definition) is 1. The van der Waals surface area contributed by atoms with E-state index in [-0.39, 0.29) is 0 Å². The maximum absolute atomic E-state index is 5.63. The van der Waals surface area contributed by atoms with E-state index in [1.165, 1.54) is 55.4 Å². The van der Waals surface area contributed by atoms with Crippen LogP contribution in [0.2, 0.25) is 0 Å². The van der Waals surface area contributed by atoms with Crippen LogP contribution >= 0.6 is 0 Å². The number of imidazole rings is 1. The lowest BCUT2D eigenvalue weighted by molar-refractivity contribution is 0.738. The summed E-state index contributed by atoms with van der Waals surface area (Å²) in [5, 5.41) is 6.66. The zero-order valence-electron chi connectivity index (χ0n) is 34.7. The fourth-order valence-electron chi connectivity index (χ4n) is 10.7. The summed E-state index contributed by atoms with van der Waals surface area (Å²) in [6.45, 7) is 12.5. The number of rotatable bonds is 5. The van der Waals surface area contributed by atoms with Crippen molar-refractivity contribution in [2.45, 2.75) is 19.3 Å². The molecule has 4 heteroatoms. The number of para-hydroxylation sites is 2. The zero-order chi connectivity index (χ0) is 41.7. The maximum Gasteiger partial charge on any atom is 0.134 e. The molecular weight excluding hydrogens is 753 g/mol. The Kier molecular flexibility index (Phi) is 7.85. The summed E-state index contributed by atoms with van der Waals surface area (Å²) in [4.78, 5) is 5.63. The molecule has 1 aliphatic carbocycles. The fraction of sp³-hybridized carbons (Fsp3) is 0.0517. The smallest absolute Gasteiger partial charge is 0.134 e. The van der Waals surface area contributed by atoms with E-state index in [2.05, 4.69) is 210 Å². The molecule has 1 spiro atoms. The molecule has 0 unspecified atom stereocenters. The molecule has 0 N–H and O–H groups in total. The van der Waals surface area contributed by atoms with Gasteiger partial charge in [-0.2, -0.15) is 0 Å². The van der Waals surface area contributed by atoms with Gasteiger partial charge in [0.15, 0.2) is 0 Å². The van der Waals surface area contributed by atoms with E-state index in [0.29, 0.717) is 0 Å². The van der Waals surface area contributed by atoms with Crippen LogP contribution < -0.4 is 21.1 Å². The predicted octanol–water partition coefficient (Wildman–Crippen LogP) is 10.8. The lowest BCUT2D eigenvalue weighted by atomic mass is 9.73. The second-order valence-electron chi connectivity index (χ2n) is 16.3. The normalized spacial score (nSPS) is 14.5. The van der Waals surface area contributed by atoms with E-state index in [1.807, 2.05) is 25.2 Å². The molecule has 3 aromatic heterocycles. The SMILES string of the molecule is C=C/C=c1/c(=C)/c(=C\C=C/C)n(-c2ccc(-c3ccc4c(c3)c3ccccc3n4-c3ccc4c(c3)nc3n4-c4ccccc4C34c3ccccc3-c3ccccc34)cc2)/c1=C/C. The van der Waals surface area contributed by atoms with Gasteiger partial charge in [-0.1, -0.05) is 147 Å². The average Bonchev–Trinajstić information content (AvgIpc) is 4.09. The van der Waals surface area contributed by atoms with Gasteiger partial charge in [0.1, 0.15) is 11.2 Å². The van der Waals surface area contributed by atoms with Crippen LogP contribution in [0.4, 0.5) is 0 Å². The number of allylic oxidation sites excluding steroid dienone is 3. The van der Waals surface area contributed by atoms with Crippen molar-refractivity contribution in [2.75, 3.05) is 0 Å². The van der Waals surface area contributed by atoms with Crippen LogP contribution in [0.15, 0.2) is 183 Å². The molecule has 7 aromatic carbocycles. The van der Waals surface area contributed by atoms with Gasteiger partial charge in [0.05, 0.1) is 33.1 Å². The third-order valence-electron chi connectivity index (χ3n) is 13.3. The molecule has 4 nitrogen and oxygen atoms in total. The Bertz CT molecular complexity index is 3770. The lowest BCUT2D eigenvalue weighted by Gasteiger charge is -2.27. The van der Waals surface area contributed by atoms with Gasteiger partial charge in [-0.15, -0.1) is 0 Å². The number of aromatic nitrogens is 4. The lowest BCUT2D eigenvalue weighted by Crippen LogP contribution is -2.35. The molecule has 0 radical (unpaired) electrons. The Morgan fingerprint density at radius 2 is 1.19 bits per heavy atom. The minimum Gasteiger partial charge on any atom is -0.310 e. The maximum atomic E-state index is 5.63. The molecule has 0 saturated heterocycles. The van der Waals surface area contributed by atoms with Crippen LogP contribution in [0.3, 0.4) is 0 Å². The van der Waals surface area contributed by atoms with Crippen molar-refractivity contribution in [3.8, 4) is 39.3 Å². The van der Waals surface area contributed by atoms with Crippen LogP contribution in [-0.4, -0.2) is 18.7 Å². The van der Waals surface area contributed by atoms with Gasteiger partial charge in [0, 0.05) is 37.9 Å². The first kappa shape index (κ1) is 35.9. The molecule has 12 rings (SSSR count). The van der Waals surface area contributed by atoms with Crippen LogP contribution in [0.25, 0.3) is 97.0 Å². The Hall–Kier alpha value is -7.95. The monoisotopic (exact) mass is 794 g/mol. The van der Waals surface area contributed by atoms with Gasteiger partial charge in [-0.25, -0.2) is 4.98 Å². The van der Waals surface area contributed by atoms with Gasteiger partial charge in [-0.05, 0) is 113 Å². The molecule has 0 saturated carbocycles. The van der Waals surface area contributed by atoms with E-state index in [1.54, 1.807) is 0 Å². The number of benzene rings is 7. The Labute approximate surface area is 359 Å². The third-order valence-corrected chi connectivity index (χ3v) is 13.3. The van der Waals surface area contributed by atoms with E-state index >= 15 is 0 Å². The highest BCUT2D eigenvalue weighted by Gasteiger charge is 2.54. The molecule has 1 aliphatic heterocycles. The quantitative estimate of drug-likeness (QED) is 0.171. The van der Waals surface area contributed by atoms with E-state index in [0.717, 1.165) is 60.4 Å². The topological polar surface area (TPSA) is 27.7 Å². The van der Waals surface area contributed by atoms with Crippen LogP contribution in [0, 0.1) is 0 Å². The summed E-state index contributed by atoms with van der Waals surface area (Å²) in [6, 6.07) is 58.0. The summed E-state index contributed by atoms with van der Waals surface area (Å²) in [5.74, 6) is 1.05. The summed E-state index contributed by atoms with van der Waals surface area (Å²) < 4.78 is 7.09. The summed E-state index contributed by atoms with van der Waals surface area (Å²) in [7, 11) is 0. The number of fused-ring (bicyclic) bond motifs is 15. The molecule has 4 heterocycles. The molecule has 10 aromatic rings. The van der Waals surface area contributed by atoms with Gasteiger partial charge in [-0.3, -0.25) is 4.57 Å². The average molecular weight is 795 g/mol. The first-order valence-electron chi connectivity index (χ1n) is 21.3. The van der Waals surface area contributed by atoms with Crippen molar-refractivity contribution in [3.63, 3.8) is 0 Å². The zero-order valence-corrected chi connectivity index (χ0v) is 34.7. The molecule has 294 valence electrons.